The standard InChI is InChI=1S/C7H9NO3S/c1-12(10,11)7-3-5(8)2-6(9)4-7/h2-4,9H,8H2,1H3. The Hall–Kier alpha value is -1.23. The van der Waals surface area contributed by atoms with Crippen LogP contribution < -0.4 is 5.73 Å². The fraction of sp³-hybridized carbons (Fsp3) is 0.143. The van der Waals surface area contributed by atoms with Crippen LogP contribution in [0.2, 0.25) is 0 Å². The maximum atomic E-state index is 11.0. The van der Waals surface area contributed by atoms with E-state index in [0.717, 1.165) is 12.3 Å². The van der Waals surface area contributed by atoms with Crippen LogP contribution in [-0.2, 0) is 9.84 Å². The van der Waals surface area contributed by atoms with Gasteiger partial charge >= 0.3 is 0 Å². The molecular weight excluding hydrogens is 178 g/mol. The Morgan fingerprint density at radius 2 is 1.92 bits per heavy atom. The average molecular weight is 187 g/mol. The predicted octanol–water partition coefficient (Wildman–Crippen LogP) is 0.378. The van der Waals surface area contributed by atoms with Crippen LogP contribution in [0, 0.1) is 0 Å². The first-order valence-electron chi connectivity index (χ1n) is 3.19. The molecule has 0 aliphatic rings. The van der Waals surface area contributed by atoms with Gasteiger partial charge < -0.3 is 10.8 Å². The van der Waals surface area contributed by atoms with Gasteiger partial charge in [0.05, 0.1) is 4.90 Å². The fourth-order valence-electron chi connectivity index (χ4n) is 0.820. The van der Waals surface area contributed by atoms with Crippen molar-refractivity contribution in [3.63, 3.8) is 0 Å². The zero-order valence-electron chi connectivity index (χ0n) is 6.48. The molecule has 0 aliphatic heterocycles. The molecule has 0 unspecified atom stereocenters. The van der Waals surface area contributed by atoms with Gasteiger partial charge in [-0.15, -0.1) is 0 Å². The Bertz CT molecular complexity index is 377. The number of sulfone groups is 1. The van der Waals surface area contributed by atoms with Crippen molar-refractivity contribution in [2.45, 2.75) is 4.90 Å². The monoisotopic (exact) mass is 187 g/mol. The molecule has 0 radical (unpaired) electrons. The third-order valence-corrected chi connectivity index (χ3v) is 2.43. The molecule has 0 spiro atoms. The molecule has 1 rings (SSSR count). The van der Waals surface area contributed by atoms with Crippen LogP contribution >= 0.6 is 0 Å². The lowest BCUT2D eigenvalue weighted by Crippen LogP contribution is -1.98. The van der Waals surface area contributed by atoms with E-state index in [9.17, 15) is 8.42 Å². The molecule has 3 N–H and O–H groups in total. The first-order valence-corrected chi connectivity index (χ1v) is 5.08. The largest absolute Gasteiger partial charge is 0.508 e. The van der Waals surface area contributed by atoms with Crippen molar-refractivity contribution in [3.05, 3.63) is 18.2 Å². The van der Waals surface area contributed by atoms with E-state index in [1.807, 2.05) is 0 Å². The molecule has 1 aromatic rings. The summed E-state index contributed by atoms with van der Waals surface area (Å²) in [6.07, 6.45) is 1.06. The lowest BCUT2D eigenvalue weighted by molar-refractivity contribution is 0.473. The highest BCUT2D eigenvalue weighted by molar-refractivity contribution is 7.90. The number of benzene rings is 1. The van der Waals surface area contributed by atoms with Crippen LogP contribution in [0.15, 0.2) is 23.1 Å². The average Bonchev–Trinajstić information content (AvgIpc) is 1.82. The Balaban J connectivity index is 3.37. The number of hydrogen-bond acceptors (Lipinski definition) is 4. The van der Waals surface area contributed by atoms with Gasteiger partial charge in [0.2, 0.25) is 0 Å². The first kappa shape index (κ1) is 8.86. The zero-order chi connectivity index (χ0) is 9.35. The van der Waals surface area contributed by atoms with Crippen LogP contribution in [0.5, 0.6) is 5.75 Å². The van der Waals surface area contributed by atoms with Crippen LogP contribution in [-0.4, -0.2) is 19.8 Å². The molecule has 12 heavy (non-hydrogen) atoms. The molecule has 0 amide bonds. The molecule has 4 nitrogen and oxygen atoms in total. The molecule has 66 valence electrons. The third kappa shape index (κ3) is 1.88. The van der Waals surface area contributed by atoms with E-state index in [0.29, 0.717) is 0 Å². The summed E-state index contributed by atoms with van der Waals surface area (Å²) in [6, 6.07) is 3.75. The Labute approximate surface area is 70.6 Å². The molecule has 0 fully saturated rings. The van der Waals surface area contributed by atoms with E-state index in [1.165, 1.54) is 12.1 Å². The number of nitrogen functional groups attached to an aromatic ring is 1. The molecule has 1 aromatic carbocycles. The summed E-state index contributed by atoms with van der Waals surface area (Å²) >= 11 is 0. The van der Waals surface area contributed by atoms with E-state index in [4.69, 9.17) is 10.8 Å². The second kappa shape index (κ2) is 2.67. The molecule has 0 saturated carbocycles. The van der Waals surface area contributed by atoms with E-state index < -0.39 is 9.84 Å². The summed E-state index contributed by atoms with van der Waals surface area (Å²) in [6.45, 7) is 0. The third-order valence-electron chi connectivity index (χ3n) is 1.34. The van der Waals surface area contributed by atoms with Gasteiger partial charge in [-0.25, -0.2) is 8.42 Å². The molecule has 0 heterocycles. The van der Waals surface area contributed by atoms with Crippen molar-refractivity contribution in [2.24, 2.45) is 0 Å². The summed E-state index contributed by atoms with van der Waals surface area (Å²) in [5.41, 5.74) is 5.56. The van der Waals surface area contributed by atoms with Gasteiger partial charge in [-0.3, -0.25) is 0 Å². The predicted molar refractivity (Wildman–Crippen MR) is 45.6 cm³/mol. The van der Waals surface area contributed by atoms with Gasteiger partial charge in [0.25, 0.3) is 0 Å². The van der Waals surface area contributed by atoms with Gasteiger partial charge in [0.15, 0.2) is 9.84 Å². The highest BCUT2D eigenvalue weighted by Crippen LogP contribution is 2.20. The van der Waals surface area contributed by atoms with Crippen molar-refractivity contribution in [1.82, 2.24) is 0 Å². The van der Waals surface area contributed by atoms with Gasteiger partial charge in [0, 0.05) is 18.0 Å². The normalized spacial score (nSPS) is 11.4. The van der Waals surface area contributed by atoms with E-state index in [-0.39, 0.29) is 16.3 Å². The van der Waals surface area contributed by atoms with Crippen molar-refractivity contribution in [3.8, 4) is 5.75 Å². The van der Waals surface area contributed by atoms with Gasteiger partial charge in [-0.05, 0) is 12.1 Å². The van der Waals surface area contributed by atoms with Crippen LogP contribution in [0.3, 0.4) is 0 Å². The van der Waals surface area contributed by atoms with Crippen molar-refractivity contribution in [2.75, 3.05) is 12.0 Å². The minimum absolute atomic E-state index is 0.0278. The second-order valence-corrected chi connectivity index (χ2v) is 4.55. The van der Waals surface area contributed by atoms with E-state index in [1.54, 1.807) is 0 Å². The molecule has 5 heteroatoms. The number of aromatic hydroxyl groups is 1. The Morgan fingerprint density at radius 3 is 2.33 bits per heavy atom. The summed E-state index contributed by atoms with van der Waals surface area (Å²) in [5.74, 6) is -0.143. The number of hydrogen-bond donors (Lipinski definition) is 2. The summed E-state index contributed by atoms with van der Waals surface area (Å²) in [7, 11) is -3.29. The van der Waals surface area contributed by atoms with Gasteiger partial charge in [-0.2, -0.15) is 0 Å². The topological polar surface area (TPSA) is 80.4 Å². The van der Waals surface area contributed by atoms with Crippen LogP contribution in [0.25, 0.3) is 0 Å². The maximum Gasteiger partial charge on any atom is 0.175 e. The molecule has 0 saturated heterocycles. The van der Waals surface area contributed by atoms with E-state index >= 15 is 0 Å². The number of anilines is 1. The Kier molecular flexibility index (Phi) is 1.97. The summed E-state index contributed by atoms with van der Waals surface area (Å²) < 4.78 is 21.9. The molecule has 0 aromatic heterocycles. The van der Waals surface area contributed by atoms with E-state index in [2.05, 4.69) is 0 Å². The number of phenols is 1. The molecule has 0 atom stereocenters. The fourth-order valence-corrected chi connectivity index (χ4v) is 1.50. The molecular formula is C7H9NO3S. The molecule has 0 aliphatic carbocycles. The van der Waals surface area contributed by atoms with Gasteiger partial charge in [0.1, 0.15) is 5.75 Å². The number of nitrogens with two attached hydrogens (primary N) is 1. The summed E-state index contributed by atoms with van der Waals surface area (Å²) in [5, 5.41) is 9.01. The quantitative estimate of drug-likeness (QED) is 0.623. The minimum Gasteiger partial charge on any atom is -0.508 e. The highest BCUT2D eigenvalue weighted by Gasteiger charge is 2.08. The number of rotatable bonds is 1. The van der Waals surface area contributed by atoms with Crippen LogP contribution in [0.1, 0.15) is 0 Å². The zero-order valence-corrected chi connectivity index (χ0v) is 7.30. The lowest BCUT2D eigenvalue weighted by atomic mass is 10.3. The second-order valence-electron chi connectivity index (χ2n) is 2.53. The van der Waals surface area contributed by atoms with Crippen LogP contribution in [0.4, 0.5) is 5.69 Å². The first-order chi connectivity index (χ1) is 5.39. The maximum absolute atomic E-state index is 11.0. The smallest absolute Gasteiger partial charge is 0.175 e. The summed E-state index contributed by atoms with van der Waals surface area (Å²) in [4.78, 5) is 0.0278. The lowest BCUT2D eigenvalue weighted by Gasteiger charge is -2.00. The highest BCUT2D eigenvalue weighted by atomic mass is 32.2. The van der Waals surface area contributed by atoms with Crippen molar-refractivity contribution >= 4 is 15.5 Å². The minimum atomic E-state index is -3.29. The SMILES string of the molecule is CS(=O)(=O)c1cc(N)cc(O)c1. The van der Waals surface area contributed by atoms with Crippen molar-refractivity contribution < 1.29 is 13.5 Å². The molecule has 0 bridgehead atoms. The van der Waals surface area contributed by atoms with Crippen molar-refractivity contribution in [1.29, 1.82) is 0 Å². The number of phenolic OH excluding ortho intramolecular Hbond substituents is 1. The Morgan fingerprint density at radius 1 is 1.33 bits per heavy atom. The van der Waals surface area contributed by atoms with Gasteiger partial charge in [-0.1, -0.05) is 0 Å².